The summed E-state index contributed by atoms with van der Waals surface area (Å²) in [5, 5.41) is 30.5. The Kier molecular flexibility index (Phi) is 9.71. The van der Waals surface area contributed by atoms with Crippen LogP contribution in [-0.4, -0.2) is 68.9 Å². The number of para-hydroxylation sites is 1. The van der Waals surface area contributed by atoms with Crippen molar-refractivity contribution in [1.29, 1.82) is 0 Å². The monoisotopic (exact) mass is 606 g/mol. The number of alkyl carbamates (subject to hydrolysis) is 1. The second kappa shape index (κ2) is 13.6. The summed E-state index contributed by atoms with van der Waals surface area (Å²) in [6, 6.07) is 17.4. The largest absolute Gasteiger partial charge is 0.445 e. The number of aliphatic hydroxyl groups is 2. The first-order valence-corrected chi connectivity index (χ1v) is 15.2. The van der Waals surface area contributed by atoms with Gasteiger partial charge in [-0.25, -0.2) is 14.8 Å². The van der Waals surface area contributed by atoms with E-state index in [1.54, 1.807) is 25.2 Å². The number of carbonyl (C=O) groups is 1. The highest BCUT2D eigenvalue weighted by molar-refractivity contribution is 7.21. The number of amides is 1. The average molecular weight is 607 g/mol. The van der Waals surface area contributed by atoms with Crippen molar-refractivity contribution in [2.75, 3.05) is 30.3 Å². The highest BCUT2D eigenvalue weighted by Gasteiger charge is 2.38. The van der Waals surface area contributed by atoms with Crippen LogP contribution in [0, 0.1) is 12.8 Å². The molecule has 2 aromatic carbocycles. The third kappa shape index (κ3) is 8.17. The van der Waals surface area contributed by atoms with Gasteiger partial charge in [-0.1, -0.05) is 42.5 Å². The van der Waals surface area contributed by atoms with Crippen molar-refractivity contribution < 1.29 is 24.5 Å². The normalized spacial score (nSPS) is 18.5. The Labute approximate surface area is 254 Å². The first kappa shape index (κ1) is 30.6. The number of anilines is 2. The minimum absolute atomic E-state index is 0.0416. The zero-order chi connectivity index (χ0) is 30.4. The summed E-state index contributed by atoms with van der Waals surface area (Å²) in [6.07, 6.45) is 0.438. The smallest absolute Gasteiger partial charge is 0.407 e. The standard InChI is InChI=1S/C31H38N6O5S/c1-19-26(28-36-23-11-7-8-12-25(23)43-28)27(35-22-15-21(17-38)24(16-22)42-31(2,3)40)37-29(34-19)32-13-14-33-30(39)41-18-20-9-5-4-6-10-20/h4-12,21-22,24,38,40H,13-18H2,1-3H3,(H,33,39)(H2,32,34,35,37)/t21-,22-,24+/m1/s1. The van der Waals surface area contributed by atoms with E-state index in [1.165, 1.54) is 0 Å². The van der Waals surface area contributed by atoms with Gasteiger partial charge in [0.05, 0.1) is 27.6 Å². The molecule has 0 unspecified atom stereocenters. The van der Waals surface area contributed by atoms with Crippen LogP contribution in [0.15, 0.2) is 54.6 Å². The lowest BCUT2D eigenvalue weighted by Gasteiger charge is -2.26. The van der Waals surface area contributed by atoms with Crippen LogP contribution in [0.3, 0.4) is 0 Å². The predicted octanol–water partition coefficient (Wildman–Crippen LogP) is 4.70. The molecule has 1 aliphatic carbocycles. The van der Waals surface area contributed by atoms with E-state index in [2.05, 4.69) is 16.0 Å². The number of hydrogen-bond acceptors (Lipinski definition) is 11. The number of carbonyl (C=O) groups excluding carboxylic acids is 1. The van der Waals surface area contributed by atoms with E-state index in [0.717, 1.165) is 32.0 Å². The third-order valence-corrected chi connectivity index (χ3v) is 8.19. The fourth-order valence-corrected chi connectivity index (χ4v) is 6.27. The number of hydrogen-bond donors (Lipinski definition) is 5. The van der Waals surface area contributed by atoms with Crippen molar-refractivity contribution >= 4 is 39.4 Å². The van der Waals surface area contributed by atoms with Crippen LogP contribution < -0.4 is 16.0 Å². The molecule has 0 aliphatic heterocycles. The minimum atomic E-state index is -1.30. The maximum atomic E-state index is 12.1. The summed E-state index contributed by atoms with van der Waals surface area (Å²) in [4.78, 5) is 26.5. The lowest BCUT2D eigenvalue weighted by atomic mass is 10.1. The van der Waals surface area contributed by atoms with E-state index in [0.29, 0.717) is 37.7 Å². The Morgan fingerprint density at radius 3 is 2.56 bits per heavy atom. The summed E-state index contributed by atoms with van der Waals surface area (Å²) < 4.78 is 12.2. The number of thiazole rings is 1. The van der Waals surface area contributed by atoms with E-state index < -0.39 is 11.9 Å². The number of fused-ring (bicyclic) bond motifs is 1. The zero-order valence-electron chi connectivity index (χ0n) is 24.5. The maximum Gasteiger partial charge on any atom is 0.407 e. The van der Waals surface area contributed by atoms with Gasteiger partial charge in [-0.15, -0.1) is 11.3 Å². The molecule has 0 radical (unpaired) electrons. The molecular formula is C31H38N6O5S. The molecule has 1 aliphatic rings. The van der Waals surface area contributed by atoms with E-state index in [-0.39, 0.29) is 31.3 Å². The Morgan fingerprint density at radius 2 is 1.81 bits per heavy atom. The molecule has 0 saturated heterocycles. The fourth-order valence-electron chi connectivity index (χ4n) is 5.21. The number of nitrogens with zero attached hydrogens (tertiary/aromatic N) is 3. The van der Waals surface area contributed by atoms with Crippen LogP contribution in [0.5, 0.6) is 0 Å². The molecule has 4 aromatic rings. The van der Waals surface area contributed by atoms with Crippen molar-refractivity contribution in [3.8, 4) is 10.6 Å². The van der Waals surface area contributed by atoms with Gasteiger partial charge in [0.25, 0.3) is 0 Å². The topological polar surface area (TPSA) is 151 Å². The van der Waals surface area contributed by atoms with Gasteiger partial charge in [-0.2, -0.15) is 4.98 Å². The number of rotatable bonds is 12. The predicted molar refractivity (Wildman–Crippen MR) is 167 cm³/mol. The van der Waals surface area contributed by atoms with Crippen LogP contribution in [-0.2, 0) is 16.1 Å². The number of benzene rings is 2. The van der Waals surface area contributed by atoms with E-state index in [9.17, 15) is 15.0 Å². The Hall–Kier alpha value is -3.84. The van der Waals surface area contributed by atoms with Gasteiger partial charge in [-0.3, -0.25) is 0 Å². The molecule has 12 heteroatoms. The van der Waals surface area contributed by atoms with Gasteiger partial charge in [0.1, 0.15) is 17.4 Å². The second-order valence-corrected chi connectivity index (χ2v) is 12.1. The van der Waals surface area contributed by atoms with Crippen molar-refractivity contribution in [2.24, 2.45) is 5.92 Å². The molecule has 2 aromatic heterocycles. The van der Waals surface area contributed by atoms with Crippen LogP contribution in [0.4, 0.5) is 16.6 Å². The summed E-state index contributed by atoms with van der Waals surface area (Å²) in [5.41, 5.74) is 3.37. The van der Waals surface area contributed by atoms with Crippen LogP contribution in [0.1, 0.15) is 37.9 Å². The first-order valence-electron chi connectivity index (χ1n) is 14.4. The fraction of sp³-hybridized carbons (Fsp3) is 0.419. The molecule has 1 amide bonds. The van der Waals surface area contributed by atoms with Crippen LogP contribution in [0.25, 0.3) is 20.8 Å². The molecule has 0 spiro atoms. The highest BCUT2D eigenvalue weighted by atomic mass is 32.1. The third-order valence-electron chi connectivity index (χ3n) is 7.13. The van der Waals surface area contributed by atoms with E-state index in [4.69, 9.17) is 24.4 Å². The summed E-state index contributed by atoms with van der Waals surface area (Å²) in [6.45, 7) is 5.97. The van der Waals surface area contributed by atoms with Crippen LogP contribution in [0.2, 0.25) is 0 Å². The van der Waals surface area contributed by atoms with Crippen LogP contribution >= 0.6 is 11.3 Å². The molecule has 5 rings (SSSR count). The highest BCUT2D eigenvalue weighted by Crippen LogP contribution is 2.38. The quantitative estimate of drug-likeness (QED) is 0.113. The molecule has 1 saturated carbocycles. The summed E-state index contributed by atoms with van der Waals surface area (Å²) in [7, 11) is 0. The Bertz CT molecular complexity index is 1490. The van der Waals surface area contributed by atoms with E-state index in [1.807, 2.05) is 61.5 Å². The molecule has 228 valence electrons. The van der Waals surface area contributed by atoms with E-state index >= 15 is 0 Å². The van der Waals surface area contributed by atoms with Gasteiger partial charge < -0.3 is 35.6 Å². The average Bonchev–Trinajstić information content (AvgIpc) is 3.56. The maximum absolute atomic E-state index is 12.1. The molecule has 5 N–H and O–H groups in total. The Balaban J connectivity index is 1.29. The van der Waals surface area contributed by atoms with Crippen molar-refractivity contribution in [1.82, 2.24) is 20.3 Å². The van der Waals surface area contributed by atoms with Gasteiger partial charge >= 0.3 is 6.09 Å². The first-order chi connectivity index (χ1) is 20.7. The van der Waals surface area contributed by atoms with Gasteiger partial charge in [0.15, 0.2) is 5.79 Å². The minimum Gasteiger partial charge on any atom is -0.445 e. The van der Waals surface area contributed by atoms with Crippen molar-refractivity contribution in [3.05, 3.63) is 65.9 Å². The SMILES string of the molecule is Cc1nc(NCCNC(=O)OCc2ccccc2)nc(N[C@@H]2C[C@H](CO)[C@@H](OC(C)(C)O)C2)c1-c1nc2ccccc2s1. The number of nitrogens with one attached hydrogen (secondary N) is 3. The zero-order valence-corrected chi connectivity index (χ0v) is 25.4. The number of ether oxygens (including phenoxy) is 2. The van der Waals surface area contributed by atoms with Crippen molar-refractivity contribution in [2.45, 2.75) is 58.2 Å². The number of aromatic nitrogens is 3. The molecule has 2 heterocycles. The molecular weight excluding hydrogens is 568 g/mol. The lowest BCUT2D eigenvalue weighted by Crippen LogP contribution is -2.33. The van der Waals surface area contributed by atoms with Crippen molar-refractivity contribution in [3.63, 3.8) is 0 Å². The molecule has 1 fully saturated rings. The van der Waals surface area contributed by atoms with Gasteiger partial charge in [0.2, 0.25) is 5.95 Å². The number of aliphatic hydroxyl groups excluding tert-OH is 1. The molecule has 43 heavy (non-hydrogen) atoms. The second-order valence-electron chi connectivity index (χ2n) is 11.1. The summed E-state index contributed by atoms with van der Waals surface area (Å²) in [5.74, 6) is -0.396. The van der Waals surface area contributed by atoms with Gasteiger partial charge in [-0.05, 0) is 51.3 Å². The van der Waals surface area contributed by atoms with Gasteiger partial charge in [0, 0.05) is 31.7 Å². The molecule has 0 bridgehead atoms. The molecule has 3 atom stereocenters. The number of aryl methyl sites for hydroxylation is 1. The Morgan fingerprint density at radius 1 is 1.05 bits per heavy atom. The molecule has 11 nitrogen and oxygen atoms in total. The lowest BCUT2D eigenvalue weighted by molar-refractivity contribution is -0.214. The summed E-state index contributed by atoms with van der Waals surface area (Å²) >= 11 is 1.57.